The third-order valence-electron chi connectivity index (χ3n) is 10.8. The maximum atomic E-state index is 5.05. The summed E-state index contributed by atoms with van der Waals surface area (Å²) < 4.78 is 0. The largest absolute Gasteiger partial charge is 0.294 e. The lowest BCUT2D eigenvalue weighted by Gasteiger charge is -2.29. The number of rotatable bonds is 8. The van der Waals surface area contributed by atoms with Crippen molar-refractivity contribution >= 4 is 38.7 Å². The van der Waals surface area contributed by atoms with Gasteiger partial charge in [0.15, 0.2) is 0 Å². The number of hydrogen-bond acceptors (Lipinski definition) is 2. The Morgan fingerprint density at radius 3 is 1.04 bits per heavy atom. The van der Waals surface area contributed by atoms with Crippen LogP contribution in [0.1, 0.15) is 0 Å². The third kappa shape index (κ3) is 6.54. The fourth-order valence-corrected chi connectivity index (χ4v) is 8.22. The van der Waals surface area contributed by atoms with Crippen LogP contribution in [-0.2, 0) is 0 Å². The number of anilines is 3. The van der Waals surface area contributed by atoms with E-state index in [0.717, 1.165) is 50.2 Å². The fourth-order valence-electron chi connectivity index (χ4n) is 8.22. The van der Waals surface area contributed by atoms with Gasteiger partial charge in [0.2, 0.25) is 0 Å². The van der Waals surface area contributed by atoms with Crippen molar-refractivity contribution in [3.63, 3.8) is 0 Å². The fraction of sp³-hybridized carbons (Fsp3) is 0. The molecule has 9 aromatic carbocycles. The second-order valence-electron chi connectivity index (χ2n) is 14.4. The van der Waals surface area contributed by atoms with Crippen molar-refractivity contribution in [2.24, 2.45) is 0 Å². The molecular formula is C55H38N2. The van der Waals surface area contributed by atoms with Gasteiger partial charge >= 0.3 is 0 Å². The van der Waals surface area contributed by atoms with E-state index in [1.807, 2.05) is 12.3 Å². The summed E-state index contributed by atoms with van der Waals surface area (Å²) >= 11 is 0. The zero-order valence-electron chi connectivity index (χ0n) is 31.3. The van der Waals surface area contributed by atoms with Gasteiger partial charge in [0.1, 0.15) is 5.82 Å². The second kappa shape index (κ2) is 14.9. The molecule has 0 saturated heterocycles. The van der Waals surface area contributed by atoms with Crippen LogP contribution in [-0.4, -0.2) is 4.98 Å². The number of aromatic nitrogens is 1. The topological polar surface area (TPSA) is 16.1 Å². The van der Waals surface area contributed by atoms with E-state index in [1.54, 1.807) is 0 Å². The highest BCUT2D eigenvalue weighted by atomic mass is 15.2. The van der Waals surface area contributed by atoms with Crippen LogP contribution in [0.3, 0.4) is 0 Å². The summed E-state index contributed by atoms with van der Waals surface area (Å²) in [6.45, 7) is 0. The van der Waals surface area contributed by atoms with E-state index in [9.17, 15) is 0 Å². The normalized spacial score (nSPS) is 11.2. The lowest BCUT2D eigenvalue weighted by Crippen LogP contribution is -2.13. The minimum atomic E-state index is 0.849. The molecule has 10 aromatic rings. The molecule has 0 saturated carbocycles. The Kier molecular flexibility index (Phi) is 8.91. The Morgan fingerprint density at radius 1 is 0.281 bits per heavy atom. The first-order chi connectivity index (χ1) is 28.3. The highest BCUT2D eigenvalue weighted by Crippen LogP contribution is 2.49. The molecule has 1 aromatic heterocycles. The van der Waals surface area contributed by atoms with Gasteiger partial charge in [-0.2, -0.15) is 0 Å². The van der Waals surface area contributed by atoms with Crippen LogP contribution >= 0.6 is 0 Å². The molecule has 1 heterocycles. The van der Waals surface area contributed by atoms with Gasteiger partial charge in [0.25, 0.3) is 0 Å². The molecule has 10 rings (SSSR count). The molecule has 0 radical (unpaired) electrons. The predicted octanol–water partition coefficient (Wildman–Crippen LogP) is 15.2. The molecule has 2 nitrogen and oxygen atoms in total. The van der Waals surface area contributed by atoms with E-state index in [0.29, 0.717) is 0 Å². The van der Waals surface area contributed by atoms with Crippen molar-refractivity contribution in [2.75, 3.05) is 4.90 Å². The van der Waals surface area contributed by atoms with Crippen molar-refractivity contribution in [1.82, 2.24) is 4.98 Å². The zero-order chi connectivity index (χ0) is 38.0. The summed E-state index contributed by atoms with van der Waals surface area (Å²) in [6.07, 6.45) is 1.89. The van der Waals surface area contributed by atoms with Crippen LogP contribution in [0.2, 0.25) is 0 Å². The summed E-state index contributed by atoms with van der Waals surface area (Å²) in [7, 11) is 0. The standard InChI is InChI=1S/C55H38N2/c1-5-19-39(20-6-1)43-33-44(40-21-7-2-8-22-40)36-47(35-43)54-49-27-13-15-29-51(49)55(52-30-16-14-28-50(52)54)57(53-31-17-18-32-56-53)48-37-45(41-23-9-3-10-24-41)34-46(38-48)42-25-11-4-12-26-42/h1-38H. The Balaban J connectivity index is 1.28. The summed E-state index contributed by atoms with van der Waals surface area (Å²) in [4.78, 5) is 7.41. The molecule has 0 unspecified atom stereocenters. The average Bonchev–Trinajstić information content (AvgIpc) is 3.30. The van der Waals surface area contributed by atoms with E-state index in [1.165, 1.54) is 44.2 Å². The number of nitrogens with zero attached hydrogens (tertiary/aromatic N) is 2. The van der Waals surface area contributed by atoms with Crippen LogP contribution < -0.4 is 4.90 Å². The van der Waals surface area contributed by atoms with E-state index in [4.69, 9.17) is 4.98 Å². The molecule has 268 valence electrons. The third-order valence-corrected chi connectivity index (χ3v) is 10.8. The minimum Gasteiger partial charge on any atom is -0.294 e. The van der Waals surface area contributed by atoms with Crippen LogP contribution in [0.15, 0.2) is 231 Å². The van der Waals surface area contributed by atoms with Crippen LogP contribution in [0.4, 0.5) is 17.2 Å². The van der Waals surface area contributed by atoms with Crippen LogP contribution in [0.5, 0.6) is 0 Å². The van der Waals surface area contributed by atoms with E-state index in [2.05, 4.69) is 223 Å². The maximum absolute atomic E-state index is 5.05. The van der Waals surface area contributed by atoms with Gasteiger partial charge in [-0.1, -0.05) is 176 Å². The lowest BCUT2D eigenvalue weighted by molar-refractivity contribution is 1.19. The van der Waals surface area contributed by atoms with E-state index < -0.39 is 0 Å². The van der Waals surface area contributed by atoms with Gasteiger partial charge < -0.3 is 0 Å². The molecule has 0 amide bonds. The van der Waals surface area contributed by atoms with Crippen LogP contribution in [0.25, 0.3) is 77.2 Å². The molecule has 0 fully saturated rings. The smallest absolute Gasteiger partial charge is 0.137 e. The van der Waals surface area contributed by atoms with E-state index >= 15 is 0 Å². The van der Waals surface area contributed by atoms with Gasteiger partial charge in [-0.3, -0.25) is 4.90 Å². The van der Waals surface area contributed by atoms with Crippen LogP contribution in [0, 0.1) is 0 Å². The Labute approximate surface area is 333 Å². The molecule has 0 N–H and O–H groups in total. The Hall–Kier alpha value is -7.55. The Morgan fingerprint density at radius 2 is 0.632 bits per heavy atom. The number of hydrogen-bond donors (Lipinski definition) is 0. The van der Waals surface area contributed by atoms with Crippen molar-refractivity contribution < 1.29 is 0 Å². The molecule has 0 aliphatic heterocycles. The molecule has 2 heteroatoms. The number of pyridine rings is 1. The van der Waals surface area contributed by atoms with Crippen molar-refractivity contribution in [2.45, 2.75) is 0 Å². The zero-order valence-corrected chi connectivity index (χ0v) is 31.3. The summed E-state index contributed by atoms with van der Waals surface area (Å²) in [6, 6.07) is 80.6. The van der Waals surface area contributed by atoms with Crippen molar-refractivity contribution in [3.05, 3.63) is 231 Å². The summed E-state index contributed by atoms with van der Waals surface area (Å²) in [5.41, 5.74) is 13.9. The Bertz CT molecular complexity index is 2810. The maximum Gasteiger partial charge on any atom is 0.137 e. The van der Waals surface area contributed by atoms with E-state index in [-0.39, 0.29) is 0 Å². The predicted molar refractivity (Wildman–Crippen MR) is 241 cm³/mol. The monoisotopic (exact) mass is 726 g/mol. The highest BCUT2D eigenvalue weighted by Gasteiger charge is 2.24. The van der Waals surface area contributed by atoms with Gasteiger partial charge in [-0.05, 0) is 115 Å². The lowest BCUT2D eigenvalue weighted by atomic mass is 9.87. The molecule has 0 aliphatic carbocycles. The van der Waals surface area contributed by atoms with Gasteiger partial charge in [-0.25, -0.2) is 4.98 Å². The van der Waals surface area contributed by atoms with Gasteiger partial charge in [-0.15, -0.1) is 0 Å². The first-order valence-corrected chi connectivity index (χ1v) is 19.5. The molecule has 0 spiro atoms. The summed E-state index contributed by atoms with van der Waals surface area (Å²) in [5.74, 6) is 0.849. The molecule has 0 atom stereocenters. The van der Waals surface area contributed by atoms with Gasteiger partial charge in [0, 0.05) is 22.7 Å². The molecule has 0 aliphatic rings. The SMILES string of the molecule is c1ccc(-c2cc(-c3ccccc3)cc(-c3c4ccccc4c(N(c4cc(-c5ccccc5)cc(-c5ccccc5)c4)c4ccccn4)c4ccccc34)c2)cc1. The molecule has 57 heavy (non-hydrogen) atoms. The van der Waals surface area contributed by atoms with Crippen molar-refractivity contribution in [3.8, 4) is 55.6 Å². The summed E-state index contributed by atoms with van der Waals surface area (Å²) in [5, 5.41) is 4.65. The quantitative estimate of drug-likeness (QED) is 0.145. The second-order valence-corrected chi connectivity index (χ2v) is 14.4. The highest BCUT2D eigenvalue weighted by molar-refractivity contribution is 6.22. The number of benzene rings is 9. The van der Waals surface area contributed by atoms with Crippen molar-refractivity contribution in [1.29, 1.82) is 0 Å². The first-order valence-electron chi connectivity index (χ1n) is 19.5. The molecular weight excluding hydrogens is 689 g/mol. The minimum absolute atomic E-state index is 0.849. The first kappa shape index (κ1) is 34.0. The molecule has 0 bridgehead atoms. The average molecular weight is 727 g/mol. The van der Waals surface area contributed by atoms with Gasteiger partial charge in [0.05, 0.1) is 5.69 Å². The number of fused-ring (bicyclic) bond motifs is 2.